The first-order valence-corrected chi connectivity index (χ1v) is 8.11. The molecule has 1 saturated heterocycles. The average Bonchev–Trinajstić information content (AvgIpc) is 2.60. The van der Waals surface area contributed by atoms with Crippen molar-refractivity contribution in [1.82, 2.24) is 4.90 Å². The predicted molar refractivity (Wildman–Crippen MR) is 90.7 cm³/mol. The van der Waals surface area contributed by atoms with Crippen LogP contribution in [0.4, 0.5) is 18.9 Å². The monoisotopic (exact) mass is 386 g/mol. The van der Waals surface area contributed by atoms with Crippen molar-refractivity contribution in [2.45, 2.75) is 6.18 Å². The van der Waals surface area contributed by atoms with Crippen LogP contribution in [0.3, 0.4) is 0 Å². The minimum absolute atomic E-state index is 0.0740. The van der Waals surface area contributed by atoms with E-state index >= 15 is 0 Å². The van der Waals surface area contributed by atoms with Crippen molar-refractivity contribution in [3.63, 3.8) is 0 Å². The van der Waals surface area contributed by atoms with E-state index in [9.17, 15) is 22.8 Å². The molecular weight excluding hydrogens is 369 g/mol. The number of hydrogen-bond acceptors (Lipinski definition) is 6. The first kappa shape index (κ1) is 19.0. The Kier molecular flexibility index (Phi) is 5.01. The van der Waals surface area contributed by atoms with Gasteiger partial charge in [0.05, 0.1) is 24.7 Å². The lowest BCUT2D eigenvalue weighted by Crippen LogP contribution is -2.49. The number of benzene rings is 1. The van der Waals surface area contributed by atoms with Crippen LogP contribution in [-0.2, 0) is 0 Å². The molecule has 1 aliphatic rings. The molecule has 0 atom stereocenters. The highest BCUT2D eigenvalue weighted by molar-refractivity contribution is 5.93. The van der Waals surface area contributed by atoms with Gasteiger partial charge in [0.1, 0.15) is 5.75 Å². The molecule has 27 heavy (non-hydrogen) atoms. The zero-order valence-electron chi connectivity index (χ0n) is 14.4. The summed E-state index contributed by atoms with van der Waals surface area (Å²) in [5, 5.41) is 9.27. The van der Waals surface area contributed by atoms with Gasteiger partial charge >= 0.3 is 12.1 Å². The molecule has 1 N–H and O–H groups in total. The summed E-state index contributed by atoms with van der Waals surface area (Å²) in [6.45, 7) is -0.126. The number of hydrogen-bond donors (Lipinski definition) is 1. The lowest BCUT2D eigenvalue weighted by atomic mass is 10.1. The van der Waals surface area contributed by atoms with E-state index in [1.807, 2.05) is 0 Å². The second kappa shape index (κ2) is 7.10. The van der Waals surface area contributed by atoms with E-state index in [1.54, 1.807) is 11.0 Å². The first-order chi connectivity index (χ1) is 12.7. The van der Waals surface area contributed by atoms with E-state index < -0.39 is 29.9 Å². The lowest BCUT2D eigenvalue weighted by Gasteiger charge is -2.36. The quantitative estimate of drug-likeness (QED) is 0.862. The summed E-state index contributed by atoms with van der Waals surface area (Å²) in [6, 6.07) is 3.90. The number of rotatable bonds is 4. The van der Waals surface area contributed by atoms with E-state index in [4.69, 9.17) is 14.3 Å². The Morgan fingerprint density at radius 3 is 2.44 bits per heavy atom. The molecule has 2 heterocycles. The number of piperazine rings is 1. The number of carbonyl (C=O) groups is 1. The van der Waals surface area contributed by atoms with Gasteiger partial charge in [0.2, 0.25) is 5.76 Å². The minimum Gasteiger partial charge on any atom is -0.497 e. The van der Waals surface area contributed by atoms with E-state index in [0.717, 1.165) is 6.07 Å². The van der Waals surface area contributed by atoms with Crippen molar-refractivity contribution < 1.29 is 32.2 Å². The number of aromatic carboxylic acids is 1. The molecule has 146 valence electrons. The van der Waals surface area contributed by atoms with Gasteiger partial charge < -0.3 is 19.2 Å². The van der Waals surface area contributed by atoms with Gasteiger partial charge in [-0.1, -0.05) is 0 Å². The average molecular weight is 386 g/mol. The molecule has 0 bridgehead atoms. The Labute approximate surface area is 151 Å². The zero-order chi connectivity index (χ0) is 19.8. The van der Waals surface area contributed by atoms with Crippen molar-refractivity contribution >= 4 is 22.6 Å². The topological polar surface area (TPSA) is 83.2 Å². The highest BCUT2D eigenvalue weighted by atomic mass is 19.4. The molecule has 2 aromatic rings. The van der Waals surface area contributed by atoms with Crippen LogP contribution < -0.4 is 15.1 Å². The van der Waals surface area contributed by atoms with Crippen LogP contribution in [0.5, 0.6) is 5.75 Å². The summed E-state index contributed by atoms with van der Waals surface area (Å²) >= 11 is 0. The third kappa shape index (κ3) is 4.16. The van der Waals surface area contributed by atoms with Gasteiger partial charge in [-0.15, -0.1) is 0 Å². The van der Waals surface area contributed by atoms with Gasteiger partial charge in [0.25, 0.3) is 0 Å². The molecule has 0 unspecified atom stereocenters. The minimum atomic E-state index is -4.27. The van der Waals surface area contributed by atoms with Gasteiger partial charge in [-0.2, -0.15) is 13.2 Å². The molecule has 1 fully saturated rings. The highest BCUT2D eigenvalue weighted by Gasteiger charge is 2.32. The Bertz CT molecular complexity index is 917. The number of carboxylic acid groups (broad SMARTS) is 1. The molecule has 1 aliphatic heterocycles. The maximum absolute atomic E-state index is 12.6. The number of ether oxygens (including phenoxy) is 1. The molecule has 0 saturated carbocycles. The van der Waals surface area contributed by atoms with E-state index in [2.05, 4.69) is 0 Å². The second-order valence-electron chi connectivity index (χ2n) is 6.18. The molecule has 0 amide bonds. The smallest absolute Gasteiger partial charge is 0.401 e. The van der Waals surface area contributed by atoms with Crippen molar-refractivity contribution in [2.24, 2.45) is 0 Å². The number of nitrogens with zero attached hydrogens (tertiary/aromatic N) is 2. The van der Waals surface area contributed by atoms with Gasteiger partial charge in [-0.05, 0) is 6.07 Å². The largest absolute Gasteiger partial charge is 0.497 e. The maximum Gasteiger partial charge on any atom is 0.401 e. The van der Waals surface area contributed by atoms with Crippen molar-refractivity contribution in [3.05, 3.63) is 34.2 Å². The number of halogens is 3. The number of alkyl halides is 3. The van der Waals surface area contributed by atoms with E-state index in [-0.39, 0.29) is 37.1 Å². The Morgan fingerprint density at radius 2 is 1.89 bits per heavy atom. The first-order valence-electron chi connectivity index (χ1n) is 8.11. The number of carboxylic acids is 1. The second-order valence-corrected chi connectivity index (χ2v) is 6.18. The molecule has 3 rings (SSSR count). The van der Waals surface area contributed by atoms with Crippen LogP contribution in [-0.4, -0.2) is 62.0 Å². The van der Waals surface area contributed by atoms with Crippen molar-refractivity contribution in [2.75, 3.05) is 44.7 Å². The van der Waals surface area contributed by atoms with Crippen LogP contribution >= 0.6 is 0 Å². The van der Waals surface area contributed by atoms with Crippen molar-refractivity contribution in [1.29, 1.82) is 0 Å². The molecule has 0 radical (unpaired) electrons. The van der Waals surface area contributed by atoms with Crippen LogP contribution in [0, 0.1) is 0 Å². The summed E-state index contributed by atoms with van der Waals surface area (Å²) < 4.78 is 48.3. The summed E-state index contributed by atoms with van der Waals surface area (Å²) in [7, 11) is 1.42. The lowest BCUT2D eigenvalue weighted by molar-refractivity contribution is -0.146. The van der Waals surface area contributed by atoms with Crippen LogP contribution in [0.25, 0.3) is 11.0 Å². The normalized spacial score (nSPS) is 15.9. The fourth-order valence-electron chi connectivity index (χ4n) is 3.07. The van der Waals surface area contributed by atoms with Crippen LogP contribution in [0.15, 0.2) is 27.4 Å². The number of fused-ring (bicyclic) bond motifs is 1. The molecular formula is C17H17F3N2O5. The molecule has 1 aromatic carbocycles. The highest BCUT2D eigenvalue weighted by Crippen LogP contribution is 2.32. The van der Waals surface area contributed by atoms with Gasteiger partial charge in [-0.3, -0.25) is 9.69 Å². The van der Waals surface area contributed by atoms with Gasteiger partial charge in [0, 0.05) is 38.3 Å². The van der Waals surface area contributed by atoms with Crippen LogP contribution in [0.2, 0.25) is 0 Å². The third-order valence-corrected chi connectivity index (χ3v) is 4.34. The van der Waals surface area contributed by atoms with Crippen molar-refractivity contribution in [3.8, 4) is 5.75 Å². The van der Waals surface area contributed by atoms with Gasteiger partial charge in [0.15, 0.2) is 11.0 Å². The molecule has 1 aromatic heterocycles. The standard InChI is InChI=1S/C17H17F3N2O5/c1-26-10-6-11-13(23)8-14(16(24)25)27-15(11)12(7-10)22-4-2-21(3-5-22)9-17(18,19)20/h6-8H,2-5,9H2,1H3,(H,24,25). The van der Waals surface area contributed by atoms with Gasteiger partial charge in [-0.25, -0.2) is 4.79 Å². The maximum atomic E-state index is 12.6. The summed E-state index contributed by atoms with van der Waals surface area (Å²) in [5.74, 6) is -1.52. The molecule has 7 nitrogen and oxygen atoms in total. The zero-order valence-corrected chi connectivity index (χ0v) is 14.4. The fraction of sp³-hybridized carbons (Fsp3) is 0.412. The fourth-order valence-corrected chi connectivity index (χ4v) is 3.07. The summed E-state index contributed by atoms with van der Waals surface area (Å²) in [5.41, 5.74) is -0.0503. The predicted octanol–water partition coefficient (Wildman–Crippen LogP) is 2.18. The third-order valence-electron chi connectivity index (χ3n) is 4.34. The Balaban J connectivity index is 1.98. The Hall–Kier alpha value is -2.75. The number of methoxy groups -OCH3 is 1. The molecule has 0 spiro atoms. The summed E-state index contributed by atoms with van der Waals surface area (Å²) in [4.78, 5) is 26.5. The van der Waals surface area contributed by atoms with E-state index in [0.29, 0.717) is 11.4 Å². The van der Waals surface area contributed by atoms with Crippen LogP contribution in [0.1, 0.15) is 10.6 Å². The SMILES string of the molecule is COc1cc(N2CCN(CC(F)(F)F)CC2)c2oc(C(=O)O)cc(=O)c2c1. The molecule has 10 heteroatoms. The van der Waals surface area contributed by atoms with E-state index in [1.165, 1.54) is 18.1 Å². The Morgan fingerprint density at radius 1 is 1.22 bits per heavy atom. The number of anilines is 1. The molecule has 0 aliphatic carbocycles. The summed E-state index contributed by atoms with van der Waals surface area (Å²) in [6.07, 6.45) is -4.27.